The number of nitrogens with zero attached hydrogens (tertiary/aromatic N) is 2. The summed E-state index contributed by atoms with van der Waals surface area (Å²) in [4.78, 5) is 11.7. The van der Waals surface area contributed by atoms with E-state index in [0.29, 0.717) is 29.7 Å². The van der Waals surface area contributed by atoms with Crippen molar-refractivity contribution < 1.29 is 18.7 Å². The van der Waals surface area contributed by atoms with Crippen molar-refractivity contribution in [1.82, 2.24) is 10.2 Å². The molecule has 0 fully saturated rings. The molecular weight excluding hydrogens is 298 g/mol. The summed E-state index contributed by atoms with van der Waals surface area (Å²) < 4.78 is 15.4. The highest BCUT2D eigenvalue weighted by atomic mass is 35.5. The zero-order valence-electron chi connectivity index (χ0n) is 11.3. The second-order valence-electron chi connectivity index (χ2n) is 4.03. The first-order valence-corrected chi connectivity index (χ1v) is 6.54. The van der Waals surface area contributed by atoms with Gasteiger partial charge in [-0.3, -0.25) is 10.1 Å². The molecule has 0 bridgehead atoms. The zero-order valence-corrected chi connectivity index (χ0v) is 12.1. The van der Waals surface area contributed by atoms with Gasteiger partial charge in [-0.15, -0.1) is 5.10 Å². The molecule has 0 atom stereocenters. The van der Waals surface area contributed by atoms with Crippen molar-refractivity contribution in [2.75, 3.05) is 25.6 Å². The van der Waals surface area contributed by atoms with Gasteiger partial charge in [0.25, 0.3) is 5.91 Å². The fourth-order valence-corrected chi connectivity index (χ4v) is 1.56. The molecule has 1 aromatic heterocycles. The molecule has 1 aromatic carbocycles. The topological polar surface area (TPSA) is 86.5 Å². The first-order chi connectivity index (χ1) is 10.2. The summed E-state index contributed by atoms with van der Waals surface area (Å²) in [5, 5.41) is 10.5. The van der Waals surface area contributed by atoms with Crippen LogP contribution in [-0.4, -0.2) is 36.4 Å². The maximum Gasteiger partial charge on any atom is 0.322 e. The van der Waals surface area contributed by atoms with Crippen LogP contribution >= 0.6 is 11.6 Å². The lowest BCUT2D eigenvalue weighted by Crippen LogP contribution is -2.20. The van der Waals surface area contributed by atoms with Gasteiger partial charge < -0.3 is 13.9 Å². The van der Waals surface area contributed by atoms with E-state index in [0.717, 1.165) is 0 Å². The minimum absolute atomic E-state index is 0.0332. The Bertz CT molecular complexity index is 585. The second kappa shape index (κ2) is 7.61. The van der Waals surface area contributed by atoms with E-state index >= 15 is 0 Å². The number of anilines is 1. The molecule has 0 aliphatic rings. The van der Waals surface area contributed by atoms with Gasteiger partial charge in [-0.25, -0.2) is 0 Å². The van der Waals surface area contributed by atoms with E-state index in [1.807, 2.05) is 0 Å². The van der Waals surface area contributed by atoms with Crippen LogP contribution in [-0.2, 0) is 16.0 Å². The molecule has 0 spiro atoms. The summed E-state index contributed by atoms with van der Waals surface area (Å²) in [6, 6.07) is 6.73. The summed E-state index contributed by atoms with van der Waals surface area (Å²) in [5.74, 6) is 0.540. The van der Waals surface area contributed by atoms with Crippen molar-refractivity contribution >= 4 is 23.5 Å². The highest BCUT2D eigenvalue weighted by Crippen LogP contribution is 2.15. The third kappa shape index (κ3) is 5.05. The largest absolute Gasteiger partial charge is 0.484 e. The van der Waals surface area contributed by atoms with Crippen molar-refractivity contribution in [3.8, 4) is 5.75 Å². The highest BCUT2D eigenvalue weighted by Gasteiger charge is 2.10. The number of hydrogen-bond donors (Lipinski definition) is 1. The average Bonchev–Trinajstić information content (AvgIpc) is 2.92. The van der Waals surface area contributed by atoms with Gasteiger partial charge in [-0.1, -0.05) is 16.7 Å². The normalized spacial score (nSPS) is 10.4. The molecule has 112 valence electrons. The summed E-state index contributed by atoms with van der Waals surface area (Å²) in [7, 11) is 1.58. The molecule has 7 nitrogen and oxygen atoms in total. The summed E-state index contributed by atoms with van der Waals surface area (Å²) >= 11 is 5.75. The van der Waals surface area contributed by atoms with Gasteiger partial charge >= 0.3 is 6.01 Å². The molecule has 0 saturated carbocycles. The Morgan fingerprint density at radius 2 is 2.10 bits per heavy atom. The van der Waals surface area contributed by atoms with Gasteiger partial charge in [0.15, 0.2) is 6.61 Å². The number of carbonyl (C=O) groups excluding carboxylic acids is 1. The third-order valence-electron chi connectivity index (χ3n) is 2.42. The fourth-order valence-electron chi connectivity index (χ4n) is 1.43. The number of rotatable bonds is 7. The van der Waals surface area contributed by atoms with Crippen LogP contribution < -0.4 is 10.1 Å². The molecule has 0 saturated heterocycles. The molecule has 1 heterocycles. The van der Waals surface area contributed by atoms with Crippen LogP contribution in [0.2, 0.25) is 5.02 Å². The standard InChI is InChI=1S/C13H14ClN3O4/c1-19-7-6-12-16-17-13(21-12)15-11(18)8-20-10-4-2-9(14)3-5-10/h2-5H,6-8H2,1H3,(H,15,17,18). The van der Waals surface area contributed by atoms with Crippen LogP contribution in [0.25, 0.3) is 0 Å². The van der Waals surface area contributed by atoms with Crippen molar-refractivity contribution in [2.24, 2.45) is 0 Å². The van der Waals surface area contributed by atoms with Crippen molar-refractivity contribution in [3.05, 3.63) is 35.2 Å². The lowest BCUT2D eigenvalue weighted by Gasteiger charge is -2.04. The van der Waals surface area contributed by atoms with E-state index in [1.54, 1.807) is 31.4 Å². The predicted octanol–water partition coefficient (Wildman–Crippen LogP) is 1.93. The minimum Gasteiger partial charge on any atom is -0.484 e. The molecular formula is C13H14ClN3O4. The third-order valence-corrected chi connectivity index (χ3v) is 2.67. The van der Waals surface area contributed by atoms with Gasteiger partial charge in [-0.05, 0) is 24.3 Å². The highest BCUT2D eigenvalue weighted by molar-refractivity contribution is 6.30. The van der Waals surface area contributed by atoms with E-state index in [1.165, 1.54) is 0 Å². The smallest absolute Gasteiger partial charge is 0.322 e. The number of ether oxygens (including phenoxy) is 2. The molecule has 1 N–H and O–H groups in total. The Balaban J connectivity index is 1.78. The summed E-state index contributed by atoms with van der Waals surface area (Å²) in [6.07, 6.45) is 0.487. The lowest BCUT2D eigenvalue weighted by atomic mass is 10.3. The SMILES string of the molecule is COCCc1nnc(NC(=O)COc2ccc(Cl)cc2)o1. The Hall–Kier alpha value is -2.12. The monoisotopic (exact) mass is 311 g/mol. The lowest BCUT2D eigenvalue weighted by molar-refractivity contribution is -0.118. The molecule has 8 heteroatoms. The molecule has 0 unspecified atom stereocenters. The van der Waals surface area contributed by atoms with E-state index in [2.05, 4.69) is 15.5 Å². The summed E-state index contributed by atoms with van der Waals surface area (Å²) in [6.45, 7) is 0.298. The molecule has 21 heavy (non-hydrogen) atoms. The van der Waals surface area contributed by atoms with Crippen LogP contribution in [0.3, 0.4) is 0 Å². The van der Waals surface area contributed by atoms with Crippen LogP contribution in [0.15, 0.2) is 28.7 Å². The number of carbonyl (C=O) groups is 1. The number of aromatic nitrogens is 2. The van der Waals surface area contributed by atoms with Gasteiger partial charge in [-0.2, -0.15) is 0 Å². The number of amides is 1. The quantitative estimate of drug-likeness (QED) is 0.840. The first kappa shape index (κ1) is 15.3. The summed E-state index contributed by atoms with van der Waals surface area (Å²) in [5.41, 5.74) is 0. The minimum atomic E-state index is -0.396. The predicted molar refractivity (Wildman–Crippen MR) is 75.5 cm³/mol. The molecule has 0 radical (unpaired) electrons. The van der Waals surface area contributed by atoms with Crippen LogP contribution in [0.4, 0.5) is 6.01 Å². The van der Waals surface area contributed by atoms with Gasteiger partial charge in [0.1, 0.15) is 5.75 Å². The Labute approximate surface area is 126 Å². The molecule has 1 amide bonds. The van der Waals surface area contributed by atoms with E-state index in [9.17, 15) is 4.79 Å². The van der Waals surface area contributed by atoms with Crippen LogP contribution in [0.1, 0.15) is 5.89 Å². The number of methoxy groups -OCH3 is 1. The van der Waals surface area contributed by atoms with E-state index in [-0.39, 0.29) is 12.6 Å². The maximum absolute atomic E-state index is 11.7. The number of benzene rings is 1. The molecule has 0 aliphatic carbocycles. The second-order valence-corrected chi connectivity index (χ2v) is 4.47. The fraction of sp³-hybridized carbons (Fsp3) is 0.308. The van der Waals surface area contributed by atoms with Crippen molar-refractivity contribution in [3.63, 3.8) is 0 Å². The number of hydrogen-bond acceptors (Lipinski definition) is 6. The van der Waals surface area contributed by atoms with Gasteiger partial charge in [0, 0.05) is 18.6 Å². The number of halogens is 1. The van der Waals surface area contributed by atoms with E-state index in [4.69, 9.17) is 25.5 Å². The van der Waals surface area contributed by atoms with Crippen molar-refractivity contribution in [1.29, 1.82) is 0 Å². The average molecular weight is 312 g/mol. The molecule has 2 rings (SSSR count). The van der Waals surface area contributed by atoms with Gasteiger partial charge in [0.05, 0.1) is 6.61 Å². The maximum atomic E-state index is 11.7. The molecule has 2 aromatic rings. The van der Waals surface area contributed by atoms with Crippen molar-refractivity contribution in [2.45, 2.75) is 6.42 Å². The molecule has 0 aliphatic heterocycles. The van der Waals surface area contributed by atoms with Gasteiger partial charge in [0.2, 0.25) is 5.89 Å². The Morgan fingerprint density at radius 3 is 2.81 bits per heavy atom. The number of nitrogens with one attached hydrogen (secondary N) is 1. The Morgan fingerprint density at radius 1 is 1.33 bits per heavy atom. The van der Waals surface area contributed by atoms with E-state index < -0.39 is 5.91 Å². The van der Waals surface area contributed by atoms with Crippen LogP contribution in [0, 0.1) is 0 Å². The van der Waals surface area contributed by atoms with Crippen LogP contribution in [0.5, 0.6) is 5.75 Å². The Kier molecular flexibility index (Phi) is 5.53. The first-order valence-electron chi connectivity index (χ1n) is 6.17. The zero-order chi connectivity index (χ0) is 15.1.